The van der Waals surface area contributed by atoms with Crippen LogP contribution in [0.4, 0.5) is 5.69 Å². The van der Waals surface area contributed by atoms with E-state index < -0.39 is 4.92 Å². The van der Waals surface area contributed by atoms with Crippen LogP contribution in [0, 0.1) is 10.1 Å². The zero-order valence-electron chi connectivity index (χ0n) is 10.6. The van der Waals surface area contributed by atoms with Gasteiger partial charge in [0, 0.05) is 44.7 Å². The average molecular weight is 258 g/mol. The fourth-order valence-electron chi connectivity index (χ4n) is 1.73. The van der Waals surface area contributed by atoms with Crippen molar-refractivity contribution in [3.05, 3.63) is 58.2 Å². The second-order valence-electron chi connectivity index (χ2n) is 4.06. The SMILES string of the molecule is Cn1ccnc1CCN=Cc1ccccc1[N+](=O)[O-]. The molecule has 0 fully saturated rings. The summed E-state index contributed by atoms with van der Waals surface area (Å²) in [6.45, 7) is 0.552. The lowest BCUT2D eigenvalue weighted by Gasteiger charge is -1.98. The fourth-order valence-corrected chi connectivity index (χ4v) is 1.73. The minimum absolute atomic E-state index is 0.0724. The summed E-state index contributed by atoms with van der Waals surface area (Å²) in [6.07, 6.45) is 5.86. The van der Waals surface area contributed by atoms with Crippen LogP contribution in [0.25, 0.3) is 0 Å². The highest BCUT2D eigenvalue weighted by molar-refractivity contribution is 5.85. The summed E-state index contributed by atoms with van der Waals surface area (Å²) in [5, 5.41) is 10.8. The first-order chi connectivity index (χ1) is 9.18. The van der Waals surface area contributed by atoms with E-state index >= 15 is 0 Å². The highest BCUT2D eigenvalue weighted by atomic mass is 16.6. The highest BCUT2D eigenvalue weighted by Crippen LogP contribution is 2.15. The molecule has 0 amide bonds. The number of hydrogen-bond acceptors (Lipinski definition) is 4. The van der Waals surface area contributed by atoms with Crippen LogP contribution in [0.15, 0.2) is 41.7 Å². The molecule has 0 N–H and O–H groups in total. The van der Waals surface area contributed by atoms with Crippen molar-refractivity contribution < 1.29 is 4.92 Å². The van der Waals surface area contributed by atoms with E-state index in [0.717, 1.165) is 5.82 Å². The molecule has 0 atom stereocenters. The lowest BCUT2D eigenvalue weighted by atomic mass is 10.2. The largest absolute Gasteiger partial charge is 0.338 e. The Morgan fingerprint density at radius 2 is 2.26 bits per heavy atom. The molecule has 0 aliphatic rings. The molecule has 0 radical (unpaired) electrons. The van der Waals surface area contributed by atoms with Crippen LogP contribution < -0.4 is 0 Å². The van der Waals surface area contributed by atoms with Gasteiger partial charge in [0.2, 0.25) is 0 Å². The van der Waals surface area contributed by atoms with Crippen LogP contribution in [-0.2, 0) is 13.5 Å². The molecule has 98 valence electrons. The Kier molecular flexibility index (Phi) is 4.02. The van der Waals surface area contributed by atoms with Crippen molar-refractivity contribution in [3.8, 4) is 0 Å². The van der Waals surface area contributed by atoms with E-state index in [2.05, 4.69) is 9.98 Å². The van der Waals surface area contributed by atoms with Crippen LogP contribution in [0.5, 0.6) is 0 Å². The second kappa shape index (κ2) is 5.90. The van der Waals surface area contributed by atoms with Gasteiger partial charge >= 0.3 is 0 Å². The molecular weight excluding hydrogens is 244 g/mol. The molecule has 0 unspecified atom stereocenters. The van der Waals surface area contributed by atoms with E-state index in [1.54, 1.807) is 30.6 Å². The number of nitro benzene ring substituents is 1. The molecule has 0 aliphatic carbocycles. The van der Waals surface area contributed by atoms with Crippen molar-refractivity contribution >= 4 is 11.9 Å². The summed E-state index contributed by atoms with van der Waals surface area (Å²) < 4.78 is 1.93. The van der Waals surface area contributed by atoms with Crippen molar-refractivity contribution in [3.63, 3.8) is 0 Å². The van der Waals surface area contributed by atoms with Crippen LogP contribution in [0.2, 0.25) is 0 Å². The summed E-state index contributed by atoms with van der Waals surface area (Å²) in [5.74, 6) is 0.944. The van der Waals surface area contributed by atoms with Gasteiger partial charge in [0.25, 0.3) is 5.69 Å². The minimum Gasteiger partial charge on any atom is -0.338 e. The van der Waals surface area contributed by atoms with Crippen molar-refractivity contribution in [2.75, 3.05) is 6.54 Å². The number of aromatic nitrogens is 2. The zero-order chi connectivity index (χ0) is 13.7. The summed E-state index contributed by atoms with van der Waals surface area (Å²) in [4.78, 5) is 18.8. The molecule has 2 rings (SSSR count). The van der Waals surface area contributed by atoms with Gasteiger partial charge in [0.1, 0.15) is 5.82 Å². The smallest absolute Gasteiger partial charge is 0.278 e. The molecule has 1 heterocycles. The van der Waals surface area contributed by atoms with Crippen LogP contribution in [0.1, 0.15) is 11.4 Å². The molecule has 6 heteroatoms. The molecule has 0 saturated carbocycles. The van der Waals surface area contributed by atoms with Crippen LogP contribution in [0.3, 0.4) is 0 Å². The number of aryl methyl sites for hydroxylation is 1. The van der Waals surface area contributed by atoms with E-state index in [1.165, 1.54) is 6.07 Å². The molecule has 0 bridgehead atoms. The van der Waals surface area contributed by atoms with E-state index in [9.17, 15) is 10.1 Å². The van der Waals surface area contributed by atoms with Crippen LogP contribution in [-0.4, -0.2) is 27.2 Å². The number of nitro groups is 1. The van der Waals surface area contributed by atoms with Gasteiger partial charge in [0.05, 0.1) is 10.5 Å². The second-order valence-corrected chi connectivity index (χ2v) is 4.06. The third-order valence-electron chi connectivity index (χ3n) is 2.75. The zero-order valence-corrected chi connectivity index (χ0v) is 10.6. The Hall–Kier alpha value is -2.50. The Balaban J connectivity index is 2.00. The molecule has 2 aromatic rings. The van der Waals surface area contributed by atoms with E-state index in [4.69, 9.17) is 0 Å². The number of aliphatic imine (C=N–C) groups is 1. The average Bonchev–Trinajstić information content (AvgIpc) is 2.80. The topological polar surface area (TPSA) is 73.3 Å². The molecule has 1 aromatic heterocycles. The van der Waals surface area contributed by atoms with Gasteiger partial charge in [0.15, 0.2) is 0 Å². The molecular formula is C13H14N4O2. The van der Waals surface area contributed by atoms with Gasteiger partial charge in [-0.1, -0.05) is 12.1 Å². The normalized spacial score (nSPS) is 11.0. The number of imidazole rings is 1. The van der Waals surface area contributed by atoms with Gasteiger partial charge < -0.3 is 4.57 Å². The van der Waals surface area contributed by atoms with Gasteiger partial charge in [-0.3, -0.25) is 15.1 Å². The molecule has 0 saturated heterocycles. The predicted octanol–water partition coefficient (Wildman–Crippen LogP) is 1.99. The maximum atomic E-state index is 10.8. The maximum absolute atomic E-state index is 10.8. The first kappa shape index (κ1) is 12.9. The number of hydrogen-bond donors (Lipinski definition) is 0. The van der Waals surface area contributed by atoms with Gasteiger partial charge in [-0.2, -0.15) is 0 Å². The number of para-hydroxylation sites is 1. The Bertz CT molecular complexity index is 604. The van der Waals surface area contributed by atoms with Crippen molar-refractivity contribution in [2.24, 2.45) is 12.0 Å². The summed E-state index contributed by atoms with van der Waals surface area (Å²) in [5.41, 5.74) is 0.593. The first-order valence-corrected chi connectivity index (χ1v) is 5.88. The van der Waals surface area contributed by atoms with Crippen LogP contribution >= 0.6 is 0 Å². The monoisotopic (exact) mass is 258 g/mol. The van der Waals surface area contributed by atoms with E-state index in [0.29, 0.717) is 18.5 Å². The molecule has 6 nitrogen and oxygen atoms in total. The van der Waals surface area contributed by atoms with E-state index in [1.807, 2.05) is 17.8 Å². The summed E-state index contributed by atoms with van der Waals surface area (Å²) in [6, 6.07) is 6.55. The molecule has 1 aromatic carbocycles. The number of rotatable bonds is 5. The fraction of sp³-hybridized carbons (Fsp3) is 0.231. The Morgan fingerprint density at radius 1 is 1.47 bits per heavy atom. The maximum Gasteiger partial charge on any atom is 0.278 e. The lowest BCUT2D eigenvalue weighted by Crippen LogP contribution is -2.00. The van der Waals surface area contributed by atoms with E-state index in [-0.39, 0.29) is 5.69 Å². The third kappa shape index (κ3) is 3.25. The van der Waals surface area contributed by atoms with Gasteiger partial charge in [-0.05, 0) is 6.07 Å². The first-order valence-electron chi connectivity index (χ1n) is 5.88. The number of benzene rings is 1. The lowest BCUT2D eigenvalue weighted by molar-refractivity contribution is -0.385. The van der Waals surface area contributed by atoms with Crippen molar-refractivity contribution in [1.82, 2.24) is 9.55 Å². The molecule has 0 spiro atoms. The third-order valence-corrected chi connectivity index (χ3v) is 2.75. The Labute approximate surface area is 110 Å². The standard InChI is InChI=1S/C13H14N4O2/c1-16-9-8-15-13(16)6-7-14-10-11-4-2-3-5-12(11)17(18)19/h2-5,8-10H,6-7H2,1H3. The summed E-state index contributed by atoms with van der Waals surface area (Å²) >= 11 is 0. The van der Waals surface area contributed by atoms with Crippen molar-refractivity contribution in [2.45, 2.75) is 6.42 Å². The van der Waals surface area contributed by atoms with Gasteiger partial charge in [-0.25, -0.2) is 4.98 Å². The van der Waals surface area contributed by atoms with Gasteiger partial charge in [-0.15, -0.1) is 0 Å². The number of nitrogens with zero attached hydrogens (tertiary/aromatic N) is 4. The predicted molar refractivity (Wildman–Crippen MR) is 72.5 cm³/mol. The quantitative estimate of drug-likeness (QED) is 0.467. The molecule has 0 aliphatic heterocycles. The highest BCUT2D eigenvalue weighted by Gasteiger charge is 2.09. The summed E-state index contributed by atoms with van der Waals surface area (Å²) in [7, 11) is 1.92. The molecule has 19 heavy (non-hydrogen) atoms. The minimum atomic E-state index is -0.403. The Morgan fingerprint density at radius 3 is 2.95 bits per heavy atom. The van der Waals surface area contributed by atoms with Crippen molar-refractivity contribution in [1.29, 1.82) is 0 Å².